The highest BCUT2D eigenvalue weighted by atomic mass is 35.5. The third-order valence-electron chi connectivity index (χ3n) is 3.95. The van der Waals surface area contributed by atoms with E-state index in [-0.39, 0.29) is 11.6 Å². The molecule has 31 heavy (non-hydrogen) atoms. The summed E-state index contributed by atoms with van der Waals surface area (Å²) in [5.41, 5.74) is 0.861. The minimum Gasteiger partial charge on any atom is -0.352 e. The minimum atomic E-state index is -0.503. The van der Waals surface area contributed by atoms with Crippen LogP contribution in [0.3, 0.4) is 0 Å². The number of aromatic nitrogens is 2. The van der Waals surface area contributed by atoms with E-state index in [2.05, 4.69) is 20.8 Å². The van der Waals surface area contributed by atoms with Crippen LogP contribution in [-0.4, -0.2) is 33.5 Å². The van der Waals surface area contributed by atoms with E-state index in [1.165, 1.54) is 41.7 Å². The third-order valence-corrected chi connectivity index (χ3v) is 5.18. The lowest BCUT2D eigenvalue weighted by molar-refractivity contribution is -0.384. The summed E-state index contributed by atoms with van der Waals surface area (Å²) in [4.78, 5) is 34.5. The van der Waals surface area contributed by atoms with Crippen molar-refractivity contribution in [1.29, 1.82) is 0 Å². The predicted octanol–water partition coefficient (Wildman–Crippen LogP) is 3.72. The molecule has 0 bridgehead atoms. The number of non-ortho nitro benzene ring substituents is 1. The Bertz CT molecular complexity index is 1150. The van der Waals surface area contributed by atoms with Gasteiger partial charge in [-0.05, 0) is 23.8 Å². The van der Waals surface area contributed by atoms with E-state index in [0.29, 0.717) is 39.3 Å². The molecular weight excluding hydrogens is 442 g/mol. The Balaban J connectivity index is 1.49. The van der Waals surface area contributed by atoms with Gasteiger partial charge in [-0.3, -0.25) is 25.0 Å². The van der Waals surface area contributed by atoms with E-state index in [0.717, 1.165) is 0 Å². The number of nitrogens with zero attached hydrogens (tertiary/aromatic N) is 3. The van der Waals surface area contributed by atoms with Gasteiger partial charge in [0.05, 0.1) is 15.5 Å². The Labute approximate surface area is 185 Å². The fourth-order valence-corrected chi connectivity index (χ4v) is 3.45. The first-order chi connectivity index (χ1) is 14.9. The van der Waals surface area contributed by atoms with Crippen LogP contribution in [0.4, 0.5) is 10.8 Å². The molecule has 158 valence electrons. The normalized spacial score (nSPS) is 10.7. The maximum absolute atomic E-state index is 12.1. The van der Waals surface area contributed by atoms with E-state index in [4.69, 9.17) is 11.6 Å². The summed E-state index contributed by atoms with van der Waals surface area (Å²) in [6.07, 6.45) is 3.16. The lowest BCUT2D eigenvalue weighted by Crippen LogP contribution is -2.25. The molecule has 0 fully saturated rings. The van der Waals surface area contributed by atoms with Crippen LogP contribution in [0.1, 0.15) is 20.9 Å². The van der Waals surface area contributed by atoms with Crippen LogP contribution in [-0.2, 0) is 11.2 Å². The molecule has 0 unspecified atom stereocenters. The van der Waals surface area contributed by atoms with Gasteiger partial charge in [-0.15, -0.1) is 10.2 Å². The van der Waals surface area contributed by atoms with Gasteiger partial charge in [0, 0.05) is 31.2 Å². The van der Waals surface area contributed by atoms with Crippen LogP contribution >= 0.6 is 22.9 Å². The fourth-order valence-electron chi connectivity index (χ4n) is 2.49. The Morgan fingerprint density at radius 2 is 1.97 bits per heavy atom. The molecule has 9 nitrogen and oxygen atoms in total. The van der Waals surface area contributed by atoms with Crippen LogP contribution < -0.4 is 10.6 Å². The van der Waals surface area contributed by atoms with E-state index < -0.39 is 10.8 Å². The van der Waals surface area contributed by atoms with Crippen molar-refractivity contribution in [3.8, 4) is 0 Å². The van der Waals surface area contributed by atoms with E-state index in [1.807, 2.05) is 0 Å². The zero-order valence-electron chi connectivity index (χ0n) is 15.9. The lowest BCUT2D eigenvalue weighted by atomic mass is 10.2. The second-order valence-corrected chi connectivity index (χ2v) is 7.63. The van der Waals surface area contributed by atoms with Crippen molar-refractivity contribution in [3.05, 3.63) is 85.9 Å². The SMILES string of the molecule is O=C(/C=C/c1cccc([N+](=O)[O-])c1)Nc1nnc(CCNC(=O)c2ccccc2Cl)s1. The van der Waals surface area contributed by atoms with E-state index >= 15 is 0 Å². The number of carbonyl (C=O) groups is 2. The summed E-state index contributed by atoms with van der Waals surface area (Å²) in [6, 6.07) is 12.7. The number of hydrogen-bond donors (Lipinski definition) is 2. The molecule has 0 radical (unpaired) electrons. The Morgan fingerprint density at radius 3 is 2.74 bits per heavy atom. The standard InChI is InChI=1S/C20H16ClN5O4S/c21-16-7-2-1-6-15(16)19(28)22-11-10-18-24-25-20(31-18)23-17(27)9-8-13-4-3-5-14(12-13)26(29)30/h1-9,12H,10-11H2,(H,22,28)(H,23,25,27)/b9-8+. The average Bonchev–Trinajstić information content (AvgIpc) is 3.19. The molecule has 3 rings (SSSR count). The number of nitro benzene ring substituents is 1. The average molecular weight is 458 g/mol. The number of carbonyl (C=O) groups excluding carboxylic acids is 2. The van der Waals surface area contributed by atoms with Crippen LogP contribution in [0.15, 0.2) is 54.6 Å². The number of anilines is 1. The summed E-state index contributed by atoms with van der Waals surface area (Å²) in [7, 11) is 0. The molecule has 0 aliphatic rings. The second-order valence-electron chi connectivity index (χ2n) is 6.16. The summed E-state index contributed by atoms with van der Waals surface area (Å²) in [5, 5.41) is 25.3. The first-order valence-electron chi connectivity index (χ1n) is 9.01. The molecule has 0 atom stereocenters. The number of halogens is 1. The molecule has 1 heterocycles. The van der Waals surface area contributed by atoms with Crippen LogP contribution in [0, 0.1) is 10.1 Å². The number of hydrogen-bond acceptors (Lipinski definition) is 7. The minimum absolute atomic E-state index is 0.0575. The quantitative estimate of drug-likeness (QED) is 0.301. The first-order valence-corrected chi connectivity index (χ1v) is 10.2. The van der Waals surface area contributed by atoms with Crippen molar-refractivity contribution >= 4 is 51.6 Å². The summed E-state index contributed by atoms with van der Waals surface area (Å²) in [5.74, 6) is -0.726. The third kappa shape index (κ3) is 6.43. The van der Waals surface area contributed by atoms with E-state index in [1.54, 1.807) is 30.3 Å². The second kappa shape index (κ2) is 10.4. The monoisotopic (exact) mass is 457 g/mol. The van der Waals surface area contributed by atoms with Gasteiger partial charge in [0.15, 0.2) is 0 Å². The van der Waals surface area contributed by atoms with Crippen molar-refractivity contribution in [3.63, 3.8) is 0 Å². The van der Waals surface area contributed by atoms with Crippen LogP contribution in [0.25, 0.3) is 6.08 Å². The molecule has 2 aromatic carbocycles. The molecule has 1 aromatic heterocycles. The highest BCUT2D eigenvalue weighted by Crippen LogP contribution is 2.17. The maximum atomic E-state index is 12.1. The lowest BCUT2D eigenvalue weighted by Gasteiger charge is -2.05. The molecule has 0 aliphatic carbocycles. The van der Waals surface area contributed by atoms with Gasteiger partial charge < -0.3 is 5.32 Å². The van der Waals surface area contributed by atoms with Gasteiger partial charge in [0.1, 0.15) is 5.01 Å². The largest absolute Gasteiger partial charge is 0.352 e. The molecule has 0 saturated carbocycles. The molecule has 0 aliphatic heterocycles. The predicted molar refractivity (Wildman–Crippen MR) is 118 cm³/mol. The Hall–Kier alpha value is -3.63. The molecule has 0 spiro atoms. The fraction of sp³-hybridized carbons (Fsp3) is 0.100. The number of amides is 2. The number of nitrogens with one attached hydrogen (secondary N) is 2. The van der Waals surface area contributed by atoms with Gasteiger partial charge in [0.2, 0.25) is 11.0 Å². The van der Waals surface area contributed by atoms with Gasteiger partial charge in [0.25, 0.3) is 11.6 Å². The van der Waals surface area contributed by atoms with Crippen LogP contribution in [0.5, 0.6) is 0 Å². The maximum Gasteiger partial charge on any atom is 0.270 e. The van der Waals surface area contributed by atoms with E-state index in [9.17, 15) is 19.7 Å². The molecule has 11 heteroatoms. The molecule has 2 amide bonds. The molecule has 3 aromatic rings. The number of nitro groups is 1. The first kappa shape index (κ1) is 22.1. The van der Waals surface area contributed by atoms with Crippen LogP contribution in [0.2, 0.25) is 5.02 Å². The van der Waals surface area contributed by atoms with Gasteiger partial charge in [-0.1, -0.05) is 47.2 Å². The zero-order chi connectivity index (χ0) is 22.2. The van der Waals surface area contributed by atoms with Crippen molar-refractivity contribution in [2.45, 2.75) is 6.42 Å². The van der Waals surface area contributed by atoms with Gasteiger partial charge in [-0.25, -0.2) is 0 Å². The molecular formula is C20H16ClN5O4S. The Kier molecular flexibility index (Phi) is 7.41. The Morgan fingerprint density at radius 1 is 1.16 bits per heavy atom. The zero-order valence-corrected chi connectivity index (χ0v) is 17.5. The smallest absolute Gasteiger partial charge is 0.270 e. The summed E-state index contributed by atoms with van der Waals surface area (Å²) >= 11 is 7.18. The summed E-state index contributed by atoms with van der Waals surface area (Å²) < 4.78 is 0. The highest BCUT2D eigenvalue weighted by Gasteiger charge is 2.11. The highest BCUT2D eigenvalue weighted by molar-refractivity contribution is 7.15. The van der Waals surface area contributed by atoms with Crippen molar-refractivity contribution in [1.82, 2.24) is 15.5 Å². The summed E-state index contributed by atoms with van der Waals surface area (Å²) in [6.45, 7) is 0.333. The van der Waals surface area contributed by atoms with Gasteiger partial charge >= 0.3 is 0 Å². The number of rotatable bonds is 8. The van der Waals surface area contributed by atoms with Crippen molar-refractivity contribution < 1.29 is 14.5 Å². The number of benzene rings is 2. The molecule has 2 N–H and O–H groups in total. The van der Waals surface area contributed by atoms with Crippen molar-refractivity contribution in [2.75, 3.05) is 11.9 Å². The van der Waals surface area contributed by atoms with Crippen molar-refractivity contribution in [2.24, 2.45) is 0 Å². The molecule has 0 saturated heterocycles. The topological polar surface area (TPSA) is 127 Å². The van der Waals surface area contributed by atoms with Gasteiger partial charge in [-0.2, -0.15) is 0 Å².